The van der Waals surface area contributed by atoms with Gasteiger partial charge in [0.2, 0.25) is 0 Å². The summed E-state index contributed by atoms with van der Waals surface area (Å²) < 4.78 is 20.9. The topological polar surface area (TPSA) is 9.23 Å². The Morgan fingerprint density at radius 1 is 1.32 bits per heavy atom. The van der Waals surface area contributed by atoms with Crippen LogP contribution in [0.4, 0.5) is 4.39 Å². The summed E-state index contributed by atoms with van der Waals surface area (Å²) in [7, 11) is -1.81. The van der Waals surface area contributed by atoms with E-state index in [2.05, 4.69) is 49.8 Å². The van der Waals surface area contributed by atoms with Crippen molar-refractivity contribution in [1.82, 2.24) is 0 Å². The van der Waals surface area contributed by atoms with Gasteiger partial charge in [-0.15, -0.1) is 0 Å². The number of fused-ring (bicyclic) bond motifs is 1. The van der Waals surface area contributed by atoms with Gasteiger partial charge in [-0.1, -0.05) is 36.7 Å². The molecule has 1 aromatic rings. The molecular weight excluding hydrogens is 323 g/mol. The highest BCUT2D eigenvalue weighted by atomic mass is 79.9. The van der Waals surface area contributed by atoms with E-state index in [9.17, 15) is 4.39 Å². The molecule has 0 spiro atoms. The van der Waals surface area contributed by atoms with E-state index in [4.69, 9.17) is 4.43 Å². The van der Waals surface area contributed by atoms with Crippen molar-refractivity contribution in [3.05, 3.63) is 33.5 Å². The van der Waals surface area contributed by atoms with Crippen molar-refractivity contribution in [2.24, 2.45) is 0 Å². The SMILES string of the molecule is CC(C)(C)[Si](C)(C)OC1CCc2c(Br)cc(F)cc21. The van der Waals surface area contributed by atoms with Gasteiger partial charge in [0.15, 0.2) is 8.32 Å². The van der Waals surface area contributed by atoms with E-state index in [0.29, 0.717) is 0 Å². The average molecular weight is 345 g/mol. The largest absolute Gasteiger partial charge is 0.410 e. The zero-order valence-corrected chi connectivity index (χ0v) is 14.9. The van der Waals surface area contributed by atoms with Gasteiger partial charge in [0.25, 0.3) is 0 Å². The predicted molar refractivity (Wildman–Crippen MR) is 83.4 cm³/mol. The van der Waals surface area contributed by atoms with Gasteiger partial charge in [-0.25, -0.2) is 4.39 Å². The third-order valence-electron chi connectivity index (χ3n) is 4.44. The number of rotatable bonds is 2. The summed E-state index contributed by atoms with van der Waals surface area (Å²) >= 11 is 3.46. The quantitative estimate of drug-likeness (QED) is 0.634. The summed E-state index contributed by atoms with van der Waals surface area (Å²) in [5.74, 6) is -0.184. The summed E-state index contributed by atoms with van der Waals surface area (Å²) in [6.07, 6.45) is 1.99. The second kappa shape index (κ2) is 4.97. The van der Waals surface area contributed by atoms with Crippen molar-refractivity contribution < 1.29 is 8.82 Å². The van der Waals surface area contributed by atoms with Crippen molar-refractivity contribution in [1.29, 1.82) is 0 Å². The molecular formula is C15H22BrFOSi. The Morgan fingerprint density at radius 3 is 2.53 bits per heavy atom. The van der Waals surface area contributed by atoms with Gasteiger partial charge in [0, 0.05) is 4.47 Å². The lowest BCUT2D eigenvalue weighted by atomic mass is 10.1. The Morgan fingerprint density at radius 2 is 1.95 bits per heavy atom. The van der Waals surface area contributed by atoms with E-state index >= 15 is 0 Å². The van der Waals surface area contributed by atoms with Gasteiger partial charge >= 0.3 is 0 Å². The molecule has 2 rings (SSSR count). The molecule has 0 N–H and O–H groups in total. The molecule has 4 heteroatoms. The zero-order chi connectivity index (χ0) is 14.4. The standard InChI is InChI=1S/C15H22BrFOSi/c1-15(2,3)19(4,5)18-14-7-6-11-12(14)8-10(17)9-13(11)16/h8-9,14H,6-7H2,1-5H3. The minimum atomic E-state index is -1.81. The molecule has 1 nitrogen and oxygen atoms in total. The van der Waals surface area contributed by atoms with E-state index < -0.39 is 8.32 Å². The second-order valence-corrected chi connectivity index (χ2v) is 12.5. The molecule has 1 aromatic carbocycles. The Balaban J connectivity index is 2.29. The Bertz CT molecular complexity index is 494. The third-order valence-corrected chi connectivity index (χ3v) is 9.63. The third kappa shape index (κ3) is 2.95. The lowest BCUT2D eigenvalue weighted by molar-refractivity contribution is 0.185. The maximum Gasteiger partial charge on any atom is 0.192 e. The van der Waals surface area contributed by atoms with Crippen LogP contribution in [0.2, 0.25) is 18.1 Å². The molecule has 1 unspecified atom stereocenters. The molecule has 0 saturated carbocycles. The van der Waals surface area contributed by atoms with Crippen LogP contribution in [0.15, 0.2) is 16.6 Å². The fourth-order valence-electron chi connectivity index (χ4n) is 2.26. The molecule has 1 atom stereocenters. The van der Waals surface area contributed by atoms with Gasteiger partial charge in [-0.2, -0.15) is 0 Å². The first-order chi connectivity index (χ1) is 8.62. The second-order valence-electron chi connectivity index (χ2n) is 6.86. The zero-order valence-electron chi connectivity index (χ0n) is 12.3. The number of halogens is 2. The van der Waals surface area contributed by atoms with Crippen LogP contribution in [0.5, 0.6) is 0 Å². The average Bonchev–Trinajstić information content (AvgIpc) is 2.59. The highest BCUT2D eigenvalue weighted by molar-refractivity contribution is 9.10. The lowest BCUT2D eigenvalue weighted by Crippen LogP contribution is -2.41. The summed E-state index contributed by atoms with van der Waals surface area (Å²) in [4.78, 5) is 0. The lowest BCUT2D eigenvalue weighted by Gasteiger charge is -2.38. The van der Waals surface area contributed by atoms with Gasteiger partial charge in [0.1, 0.15) is 5.82 Å². The first-order valence-electron chi connectivity index (χ1n) is 6.77. The van der Waals surface area contributed by atoms with E-state index in [1.807, 2.05) is 0 Å². The first-order valence-corrected chi connectivity index (χ1v) is 10.5. The van der Waals surface area contributed by atoms with Gasteiger partial charge in [-0.05, 0) is 54.2 Å². The molecule has 19 heavy (non-hydrogen) atoms. The molecule has 0 fully saturated rings. The maximum absolute atomic E-state index is 13.6. The van der Waals surface area contributed by atoms with Gasteiger partial charge < -0.3 is 4.43 Å². The first kappa shape index (κ1) is 15.2. The van der Waals surface area contributed by atoms with Crippen molar-refractivity contribution in [2.75, 3.05) is 0 Å². The van der Waals surface area contributed by atoms with Crippen molar-refractivity contribution in [3.63, 3.8) is 0 Å². The summed E-state index contributed by atoms with van der Waals surface area (Å²) in [5.41, 5.74) is 2.25. The molecule has 1 aliphatic rings. The van der Waals surface area contributed by atoms with Crippen LogP contribution in [0.25, 0.3) is 0 Å². The normalized spacial score (nSPS) is 19.6. The molecule has 0 amide bonds. The Kier molecular flexibility index (Phi) is 3.98. The molecule has 0 aliphatic heterocycles. The fraction of sp³-hybridized carbons (Fsp3) is 0.600. The van der Waals surface area contributed by atoms with Gasteiger partial charge in [0.05, 0.1) is 6.10 Å². The molecule has 0 bridgehead atoms. The maximum atomic E-state index is 13.6. The van der Waals surface area contributed by atoms with Crippen LogP contribution in [-0.4, -0.2) is 8.32 Å². The van der Waals surface area contributed by atoms with Crippen LogP contribution in [-0.2, 0) is 10.8 Å². The highest BCUT2D eigenvalue weighted by Gasteiger charge is 2.41. The molecule has 1 aliphatic carbocycles. The minimum Gasteiger partial charge on any atom is -0.410 e. The smallest absolute Gasteiger partial charge is 0.192 e. The molecule has 0 saturated heterocycles. The van der Waals surface area contributed by atoms with Crippen molar-refractivity contribution >= 4 is 24.2 Å². The summed E-state index contributed by atoms with van der Waals surface area (Å²) in [5, 5.41) is 0.181. The van der Waals surface area contributed by atoms with E-state index in [0.717, 1.165) is 22.9 Å². The Labute approximate surface area is 124 Å². The van der Waals surface area contributed by atoms with E-state index in [1.165, 1.54) is 5.56 Å². The number of hydrogen-bond donors (Lipinski definition) is 0. The van der Waals surface area contributed by atoms with Crippen LogP contribution in [0, 0.1) is 5.82 Å². The van der Waals surface area contributed by atoms with Crippen LogP contribution in [0.3, 0.4) is 0 Å². The molecule has 0 heterocycles. The van der Waals surface area contributed by atoms with Crippen LogP contribution >= 0.6 is 15.9 Å². The summed E-state index contributed by atoms with van der Waals surface area (Å²) in [6, 6.07) is 3.19. The Hall–Kier alpha value is -0.193. The van der Waals surface area contributed by atoms with Crippen molar-refractivity contribution in [2.45, 2.75) is 57.8 Å². The fourth-order valence-corrected chi connectivity index (χ4v) is 4.22. The highest BCUT2D eigenvalue weighted by Crippen LogP contribution is 2.45. The van der Waals surface area contributed by atoms with Crippen LogP contribution in [0.1, 0.15) is 44.4 Å². The number of benzene rings is 1. The summed E-state index contributed by atoms with van der Waals surface area (Å²) in [6.45, 7) is 11.2. The van der Waals surface area contributed by atoms with Crippen molar-refractivity contribution in [3.8, 4) is 0 Å². The van der Waals surface area contributed by atoms with Gasteiger partial charge in [-0.3, -0.25) is 0 Å². The minimum absolute atomic E-state index is 0.0582. The van der Waals surface area contributed by atoms with E-state index in [-0.39, 0.29) is 17.0 Å². The molecule has 0 radical (unpaired) electrons. The molecule has 106 valence electrons. The van der Waals surface area contributed by atoms with Crippen LogP contribution < -0.4 is 0 Å². The predicted octanol–water partition coefficient (Wildman–Crippen LogP) is 5.60. The monoisotopic (exact) mass is 344 g/mol. The molecule has 0 aromatic heterocycles. The van der Waals surface area contributed by atoms with E-state index in [1.54, 1.807) is 12.1 Å². The number of hydrogen-bond acceptors (Lipinski definition) is 1.